The molecule has 2 aromatic heterocycles. The number of benzene rings is 3. The molecule has 0 bridgehead atoms. The highest BCUT2D eigenvalue weighted by Crippen LogP contribution is 2.43. The Hall–Kier alpha value is -4.17. The number of aromatic nitrogens is 4. The highest BCUT2D eigenvalue weighted by molar-refractivity contribution is 6.07. The van der Waals surface area contributed by atoms with E-state index < -0.39 is 0 Å². The van der Waals surface area contributed by atoms with Crippen LogP contribution in [0.5, 0.6) is 5.75 Å². The molecule has 8 heteroatoms. The lowest BCUT2D eigenvalue weighted by Gasteiger charge is -2.27. The normalized spacial score (nSPS) is 21.8. The molecule has 5 aromatic rings. The summed E-state index contributed by atoms with van der Waals surface area (Å²) < 4.78 is 8.64. The van der Waals surface area contributed by atoms with E-state index in [4.69, 9.17) is 14.7 Å². The smallest absolute Gasteiger partial charge is 0.226 e. The van der Waals surface area contributed by atoms with Crippen molar-refractivity contribution in [3.8, 4) is 28.1 Å². The topological polar surface area (TPSA) is 88.1 Å². The Bertz CT molecular complexity index is 1950. The van der Waals surface area contributed by atoms with Crippen LogP contribution in [0.4, 0.5) is 0 Å². The number of likely N-dealkylation sites (tertiary alicyclic amines) is 1. The zero-order chi connectivity index (χ0) is 31.0. The first-order valence-electron chi connectivity index (χ1n) is 16.5. The summed E-state index contributed by atoms with van der Waals surface area (Å²) in [6.07, 6.45) is 5.06. The summed E-state index contributed by atoms with van der Waals surface area (Å²) in [5, 5.41) is 5.81. The van der Waals surface area contributed by atoms with Crippen molar-refractivity contribution in [1.29, 1.82) is 0 Å². The molecule has 5 heterocycles. The molecule has 3 aliphatic heterocycles. The fourth-order valence-electron chi connectivity index (χ4n) is 7.61. The summed E-state index contributed by atoms with van der Waals surface area (Å²) >= 11 is 0. The number of ether oxygens (including phenoxy) is 1. The molecular weight excluding hydrogens is 560 g/mol. The number of carbonyl (C=O) groups is 1. The monoisotopic (exact) mass is 602 g/mol. The molecule has 232 valence electrons. The number of nitrogens with one attached hydrogen (secondary N) is 2. The third-order valence-corrected chi connectivity index (χ3v) is 10.6. The highest BCUT2D eigenvalue weighted by atomic mass is 16.5. The molecule has 1 amide bonds. The summed E-state index contributed by atoms with van der Waals surface area (Å²) in [6.45, 7) is 10.9. The first kappa shape index (κ1) is 28.3. The molecule has 8 rings (SSSR count). The average molecular weight is 603 g/mol. The molecule has 0 unspecified atom stereocenters. The van der Waals surface area contributed by atoms with E-state index in [1.54, 1.807) is 0 Å². The van der Waals surface area contributed by atoms with Gasteiger partial charge in [0.15, 0.2) is 0 Å². The van der Waals surface area contributed by atoms with Gasteiger partial charge >= 0.3 is 0 Å². The van der Waals surface area contributed by atoms with Crippen LogP contribution < -0.4 is 10.1 Å². The number of carbonyl (C=O) groups excluding carboxylic acids is 1. The molecule has 0 spiro atoms. The molecule has 4 atom stereocenters. The van der Waals surface area contributed by atoms with Gasteiger partial charge in [-0.25, -0.2) is 9.97 Å². The largest absolute Gasteiger partial charge is 0.488 e. The third kappa shape index (κ3) is 4.64. The van der Waals surface area contributed by atoms with Gasteiger partial charge in [-0.3, -0.25) is 4.79 Å². The van der Waals surface area contributed by atoms with Gasteiger partial charge in [-0.1, -0.05) is 45.9 Å². The number of nitrogens with zero attached hydrogens (tertiary/aromatic N) is 4. The maximum absolute atomic E-state index is 13.3. The molecule has 0 radical (unpaired) electrons. The second-order valence-electron chi connectivity index (χ2n) is 13.9. The SMILES string of the molecule is CC(C)[C@H](C)C(=O)N1CCC[C@H]1c1nc2c(ccc3cc4c(cc32)OCc2cc(-c3cnc([C@@H]5C[C@H](C)CN5)n3C)ccc2-4)[nH]1. The van der Waals surface area contributed by atoms with Crippen LogP contribution in [0.25, 0.3) is 44.2 Å². The van der Waals surface area contributed by atoms with Crippen molar-refractivity contribution >= 4 is 27.7 Å². The fourth-order valence-corrected chi connectivity index (χ4v) is 7.61. The summed E-state index contributed by atoms with van der Waals surface area (Å²) in [5.41, 5.74) is 7.70. The molecule has 2 N–H and O–H groups in total. The van der Waals surface area contributed by atoms with E-state index in [1.165, 1.54) is 11.1 Å². The Morgan fingerprint density at radius 1 is 1.09 bits per heavy atom. The lowest BCUT2D eigenvalue weighted by molar-refractivity contribution is -0.137. The maximum Gasteiger partial charge on any atom is 0.226 e. The van der Waals surface area contributed by atoms with E-state index in [9.17, 15) is 4.79 Å². The van der Waals surface area contributed by atoms with Crippen molar-refractivity contribution in [2.24, 2.45) is 24.8 Å². The average Bonchev–Trinajstić information content (AvgIpc) is 3.85. The van der Waals surface area contributed by atoms with Crippen LogP contribution in [-0.2, 0) is 18.4 Å². The Balaban J connectivity index is 1.12. The van der Waals surface area contributed by atoms with Gasteiger partial charge in [0.05, 0.1) is 35.0 Å². The predicted octanol–water partition coefficient (Wildman–Crippen LogP) is 7.30. The second kappa shape index (κ2) is 10.7. The standard InChI is InChI=1S/C37H42N6O2/c1-20(2)22(4)37(44)43-12-6-7-31(43)35-40-29-11-9-23-15-28-26-10-8-24(14-25(26)19-45-33(28)16-27(23)34(29)41-35)32-18-39-36(42(32)5)30-13-21(3)17-38-30/h8-11,14-16,18,20-22,30-31,38H,6-7,12-13,17,19H2,1-5H3,(H,40,41)/t21-,22-,30-,31-/m0/s1. The zero-order valence-corrected chi connectivity index (χ0v) is 26.9. The Morgan fingerprint density at radius 2 is 1.96 bits per heavy atom. The first-order valence-corrected chi connectivity index (χ1v) is 16.5. The van der Waals surface area contributed by atoms with Crippen LogP contribution in [0, 0.1) is 17.8 Å². The van der Waals surface area contributed by atoms with Gasteiger partial charge in [0.2, 0.25) is 5.91 Å². The zero-order valence-electron chi connectivity index (χ0n) is 26.9. The van der Waals surface area contributed by atoms with Crippen LogP contribution in [0.15, 0.2) is 48.7 Å². The van der Waals surface area contributed by atoms with E-state index in [-0.39, 0.29) is 17.9 Å². The second-order valence-corrected chi connectivity index (χ2v) is 13.9. The molecule has 3 aliphatic rings. The summed E-state index contributed by atoms with van der Waals surface area (Å²) in [6, 6.07) is 15.7. The van der Waals surface area contributed by atoms with Crippen LogP contribution >= 0.6 is 0 Å². The van der Waals surface area contributed by atoms with Gasteiger partial charge in [-0.05, 0) is 78.4 Å². The van der Waals surface area contributed by atoms with E-state index in [0.717, 1.165) is 88.4 Å². The first-order chi connectivity index (χ1) is 21.8. The van der Waals surface area contributed by atoms with Gasteiger partial charge < -0.3 is 24.5 Å². The van der Waals surface area contributed by atoms with Crippen LogP contribution in [0.3, 0.4) is 0 Å². The van der Waals surface area contributed by atoms with Gasteiger partial charge in [-0.2, -0.15) is 0 Å². The van der Waals surface area contributed by atoms with Crippen LogP contribution in [-0.4, -0.2) is 43.4 Å². The van der Waals surface area contributed by atoms with Crippen molar-refractivity contribution in [2.75, 3.05) is 13.1 Å². The number of hydrogen-bond donors (Lipinski definition) is 2. The molecule has 3 aromatic carbocycles. The summed E-state index contributed by atoms with van der Waals surface area (Å²) in [5.74, 6) is 4.08. The van der Waals surface area contributed by atoms with E-state index in [1.807, 2.05) is 18.0 Å². The minimum absolute atomic E-state index is 0.00168. The number of rotatable bonds is 5. The number of hydrogen-bond acceptors (Lipinski definition) is 5. The van der Waals surface area contributed by atoms with Crippen molar-refractivity contribution in [2.45, 2.75) is 65.6 Å². The highest BCUT2D eigenvalue weighted by Gasteiger charge is 2.35. The van der Waals surface area contributed by atoms with Gasteiger partial charge in [0.25, 0.3) is 0 Å². The van der Waals surface area contributed by atoms with Crippen LogP contribution in [0.1, 0.15) is 76.3 Å². The number of aromatic amines is 1. The Morgan fingerprint density at radius 3 is 2.76 bits per heavy atom. The quantitative estimate of drug-likeness (QED) is 0.220. The van der Waals surface area contributed by atoms with Gasteiger partial charge in [0.1, 0.15) is 24.0 Å². The number of amides is 1. The summed E-state index contributed by atoms with van der Waals surface area (Å²) in [4.78, 5) is 28.8. The van der Waals surface area contributed by atoms with Crippen molar-refractivity contribution < 1.29 is 9.53 Å². The number of fused-ring (bicyclic) bond motifs is 6. The molecule has 45 heavy (non-hydrogen) atoms. The minimum Gasteiger partial charge on any atom is -0.488 e. The molecule has 8 nitrogen and oxygen atoms in total. The number of H-pyrrole nitrogens is 1. The van der Waals surface area contributed by atoms with Crippen molar-refractivity contribution in [3.63, 3.8) is 0 Å². The minimum atomic E-state index is -0.00963. The molecule has 2 fully saturated rings. The molecule has 0 aliphatic carbocycles. The molecular formula is C37H42N6O2. The predicted molar refractivity (Wildman–Crippen MR) is 178 cm³/mol. The van der Waals surface area contributed by atoms with E-state index >= 15 is 0 Å². The number of imidazole rings is 2. The molecule has 0 saturated carbocycles. The fraction of sp³-hybridized carbons (Fsp3) is 0.432. The van der Waals surface area contributed by atoms with Crippen molar-refractivity contribution in [1.82, 2.24) is 29.7 Å². The lowest BCUT2D eigenvalue weighted by Crippen LogP contribution is -2.36. The van der Waals surface area contributed by atoms with Crippen LogP contribution in [0.2, 0.25) is 0 Å². The van der Waals surface area contributed by atoms with E-state index in [2.05, 4.69) is 85.2 Å². The van der Waals surface area contributed by atoms with Gasteiger partial charge in [-0.15, -0.1) is 0 Å². The Labute approximate surface area is 264 Å². The lowest BCUT2D eigenvalue weighted by atomic mass is 9.92. The molecule has 2 saturated heterocycles. The third-order valence-electron chi connectivity index (χ3n) is 10.6. The van der Waals surface area contributed by atoms with Crippen molar-refractivity contribution in [3.05, 3.63) is 65.9 Å². The maximum atomic E-state index is 13.3. The summed E-state index contributed by atoms with van der Waals surface area (Å²) in [7, 11) is 2.12. The Kier molecular flexibility index (Phi) is 6.75. The van der Waals surface area contributed by atoms with Gasteiger partial charge in [0, 0.05) is 36.0 Å². The van der Waals surface area contributed by atoms with E-state index in [0.29, 0.717) is 24.5 Å².